The summed E-state index contributed by atoms with van der Waals surface area (Å²) in [6.07, 6.45) is -0.307. The number of hydrazine groups is 1. The van der Waals surface area contributed by atoms with Crippen LogP contribution in [0, 0.1) is 0 Å². The Kier molecular flexibility index (Phi) is 4.71. The zero-order chi connectivity index (χ0) is 14.6. The molecule has 1 fully saturated rings. The Bertz CT molecular complexity index is 389. The van der Waals surface area contributed by atoms with Gasteiger partial charge in [-0.05, 0) is 20.8 Å². The lowest BCUT2D eigenvalue weighted by atomic mass is 10.2. The number of hydrogen-bond donors (Lipinski definition) is 2. The van der Waals surface area contributed by atoms with Gasteiger partial charge in [0.2, 0.25) is 0 Å². The van der Waals surface area contributed by atoms with Gasteiger partial charge in [-0.15, -0.1) is 0 Å². The number of likely N-dealkylation sites (tertiary alicyclic amines) is 1. The maximum Gasteiger partial charge on any atom is 0.411 e. The molecule has 8 nitrogen and oxygen atoms in total. The molecular weight excluding hydrogens is 252 g/mol. The summed E-state index contributed by atoms with van der Waals surface area (Å²) >= 11 is 0. The second-order valence-electron chi connectivity index (χ2n) is 5.18. The van der Waals surface area contributed by atoms with Gasteiger partial charge in [-0.2, -0.15) is 0 Å². The summed E-state index contributed by atoms with van der Waals surface area (Å²) in [6, 6.07) is -0.728. The highest BCUT2D eigenvalue weighted by molar-refractivity contribution is 5.99. The highest BCUT2D eigenvalue weighted by atomic mass is 16.6. The summed E-state index contributed by atoms with van der Waals surface area (Å²) in [6.45, 7) is 5.44. The molecule has 2 amide bonds. The van der Waals surface area contributed by atoms with E-state index in [4.69, 9.17) is 10.6 Å². The van der Waals surface area contributed by atoms with Crippen LogP contribution in [0.4, 0.5) is 4.79 Å². The van der Waals surface area contributed by atoms with Crippen molar-refractivity contribution in [1.29, 1.82) is 0 Å². The number of ether oxygens (including phenoxy) is 1. The molecule has 1 rings (SSSR count). The van der Waals surface area contributed by atoms with E-state index >= 15 is 0 Å². The van der Waals surface area contributed by atoms with Crippen molar-refractivity contribution in [3.8, 4) is 0 Å². The number of nitrogens with zero attached hydrogens (tertiary/aromatic N) is 2. The molecular formula is C11H20N4O4. The van der Waals surface area contributed by atoms with E-state index in [1.54, 1.807) is 20.8 Å². The van der Waals surface area contributed by atoms with Crippen molar-refractivity contribution in [2.45, 2.75) is 38.8 Å². The Morgan fingerprint density at radius 3 is 2.58 bits per heavy atom. The Labute approximate surface area is 111 Å². The quantitative estimate of drug-likeness (QED) is 0.417. The van der Waals surface area contributed by atoms with Crippen molar-refractivity contribution in [2.75, 3.05) is 13.7 Å². The Hall–Kier alpha value is -1.83. The van der Waals surface area contributed by atoms with Crippen molar-refractivity contribution in [3.63, 3.8) is 0 Å². The fourth-order valence-corrected chi connectivity index (χ4v) is 1.74. The minimum atomic E-state index is -0.728. The molecule has 3 N–H and O–H groups in total. The van der Waals surface area contributed by atoms with Crippen molar-refractivity contribution < 1.29 is 19.2 Å². The number of oxime groups is 1. The maximum absolute atomic E-state index is 12.0. The topological polar surface area (TPSA) is 106 Å². The summed E-state index contributed by atoms with van der Waals surface area (Å²) in [5.74, 6) is 4.65. The summed E-state index contributed by atoms with van der Waals surface area (Å²) in [5, 5.41) is 3.77. The number of amides is 2. The normalized spacial score (nSPS) is 21.4. The van der Waals surface area contributed by atoms with Gasteiger partial charge in [0.05, 0.1) is 12.3 Å². The molecule has 0 radical (unpaired) electrons. The standard InChI is InChI=1S/C11H20N4O4/c1-11(2,3)19-10(17)15-6-7(14-18-4)5-8(15)9(16)13-12/h8H,5-6,12H2,1-4H3,(H,13,16)/b14-7+. The van der Waals surface area contributed by atoms with Gasteiger partial charge in [-0.3, -0.25) is 15.1 Å². The molecule has 1 unspecified atom stereocenters. The van der Waals surface area contributed by atoms with Gasteiger partial charge in [0.1, 0.15) is 18.8 Å². The lowest BCUT2D eigenvalue weighted by Gasteiger charge is -2.27. The molecule has 0 saturated carbocycles. The van der Waals surface area contributed by atoms with Crippen LogP contribution in [0.3, 0.4) is 0 Å². The Morgan fingerprint density at radius 2 is 2.11 bits per heavy atom. The predicted octanol–water partition coefficient (Wildman–Crippen LogP) is -0.0119. The molecule has 1 atom stereocenters. The highest BCUT2D eigenvalue weighted by Gasteiger charge is 2.39. The fourth-order valence-electron chi connectivity index (χ4n) is 1.74. The van der Waals surface area contributed by atoms with Crippen LogP contribution in [-0.2, 0) is 14.4 Å². The Morgan fingerprint density at radius 1 is 1.47 bits per heavy atom. The number of carbonyl (C=O) groups is 2. The summed E-state index contributed by atoms with van der Waals surface area (Å²) in [5.41, 5.74) is 1.98. The van der Waals surface area contributed by atoms with Crippen LogP contribution in [0.15, 0.2) is 5.16 Å². The first kappa shape index (κ1) is 15.2. The molecule has 0 spiro atoms. The minimum absolute atomic E-state index is 0.181. The van der Waals surface area contributed by atoms with E-state index in [0.29, 0.717) is 5.71 Å². The van der Waals surface area contributed by atoms with Crippen molar-refractivity contribution in [1.82, 2.24) is 10.3 Å². The number of carbonyl (C=O) groups excluding carboxylic acids is 2. The zero-order valence-corrected chi connectivity index (χ0v) is 11.6. The van der Waals surface area contributed by atoms with Crippen LogP contribution in [0.5, 0.6) is 0 Å². The molecule has 8 heteroatoms. The summed E-state index contributed by atoms with van der Waals surface area (Å²) in [4.78, 5) is 29.6. The largest absolute Gasteiger partial charge is 0.444 e. The van der Waals surface area contributed by atoms with Gasteiger partial charge in [-0.25, -0.2) is 10.6 Å². The fraction of sp³-hybridized carbons (Fsp3) is 0.727. The molecule has 19 heavy (non-hydrogen) atoms. The van der Waals surface area contributed by atoms with Crippen LogP contribution >= 0.6 is 0 Å². The first-order valence-corrected chi connectivity index (χ1v) is 5.87. The average Bonchev–Trinajstić information content (AvgIpc) is 2.70. The predicted molar refractivity (Wildman–Crippen MR) is 68.1 cm³/mol. The van der Waals surface area contributed by atoms with E-state index < -0.39 is 23.6 Å². The first-order chi connectivity index (χ1) is 8.78. The molecule has 108 valence electrons. The molecule has 0 aromatic rings. The third-order valence-corrected chi connectivity index (χ3v) is 2.45. The molecule has 0 aromatic heterocycles. The third kappa shape index (κ3) is 4.09. The Balaban J connectivity index is 2.86. The van der Waals surface area contributed by atoms with E-state index in [1.807, 2.05) is 5.43 Å². The lowest BCUT2D eigenvalue weighted by molar-refractivity contribution is -0.125. The maximum atomic E-state index is 12.0. The number of nitrogens with two attached hydrogens (primary N) is 1. The van der Waals surface area contributed by atoms with Crippen LogP contribution in [0.2, 0.25) is 0 Å². The number of rotatable bonds is 2. The van der Waals surface area contributed by atoms with Crippen molar-refractivity contribution >= 4 is 17.7 Å². The van der Waals surface area contributed by atoms with Crippen LogP contribution < -0.4 is 11.3 Å². The molecule has 0 bridgehead atoms. The van der Waals surface area contributed by atoms with Gasteiger partial charge in [0, 0.05) is 6.42 Å². The summed E-state index contributed by atoms with van der Waals surface area (Å²) < 4.78 is 5.24. The highest BCUT2D eigenvalue weighted by Crippen LogP contribution is 2.20. The third-order valence-electron chi connectivity index (χ3n) is 2.45. The first-order valence-electron chi connectivity index (χ1n) is 5.87. The smallest absolute Gasteiger partial charge is 0.411 e. The molecule has 1 aliphatic rings. The van der Waals surface area contributed by atoms with Crippen LogP contribution in [0.25, 0.3) is 0 Å². The molecule has 0 aromatic carbocycles. The lowest BCUT2D eigenvalue weighted by Crippen LogP contribution is -2.49. The van der Waals surface area contributed by atoms with E-state index in [9.17, 15) is 9.59 Å². The second kappa shape index (κ2) is 5.87. The van der Waals surface area contributed by atoms with Gasteiger partial charge in [0.25, 0.3) is 5.91 Å². The van der Waals surface area contributed by atoms with Gasteiger partial charge in [-0.1, -0.05) is 5.16 Å². The average molecular weight is 272 g/mol. The number of nitrogens with one attached hydrogen (secondary N) is 1. The molecule has 1 aliphatic heterocycles. The molecule has 0 aliphatic carbocycles. The monoisotopic (exact) mass is 272 g/mol. The summed E-state index contributed by atoms with van der Waals surface area (Å²) in [7, 11) is 1.40. The molecule has 1 heterocycles. The molecule has 1 saturated heterocycles. The zero-order valence-electron chi connectivity index (χ0n) is 11.6. The second-order valence-corrected chi connectivity index (χ2v) is 5.18. The van der Waals surface area contributed by atoms with E-state index in [1.165, 1.54) is 12.0 Å². The van der Waals surface area contributed by atoms with Gasteiger partial charge in [0.15, 0.2) is 0 Å². The van der Waals surface area contributed by atoms with Crippen molar-refractivity contribution in [2.24, 2.45) is 11.0 Å². The van der Waals surface area contributed by atoms with Crippen LogP contribution in [0.1, 0.15) is 27.2 Å². The van der Waals surface area contributed by atoms with Gasteiger partial charge < -0.3 is 9.57 Å². The van der Waals surface area contributed by atoms with Crippen molar-refractivity contribution in [3.05, 3.63) is 0 Å². The van der Waals surface area contributed by atoms with E-state index in [2.05, 4.69) is 9.99 Å². The van der Waals surface area contributed by atoms with Gasteiger partial charge >= 0.3 is 6.09 Å². The SMILES string of the molecule is CO/N=C1\CC(C(=O)NN)N(C(=O)OC(C)(C)C)C1. The van der Waals surface area contributed by atoms with Crippen LogP contribution in [-0.4, -0.2) is 47.9 Å². The minimum Gasteiger partial charge on any atom is -0.444 e. The number of hydrogen-bond acceptors (Lipinski definition) is 6. The van der Waals surface area contributed by atoms with E-state index in [-0.39, 0.29) is 13.0 Å². The van der Waals surface area contributed by atoms with E-state index in [0.717, 1.165) is 0 Å².